The highest BCUT2D eigenvalue weighted by Gasteiger charge is 2.33. The van der Waals surface area contributed by atoms with Crippen LogP contribution in [-0.2, 0) is 26.0 Å². The molecule has 33 heavy (non-hydrogen) atoms. The highest BCUT2D eigenvalue weighted by molar-refractivity contribution is 7.89. The van der Waals surface area contributed by atoms with Gasteiger partial charge in [-0.15, -0.1) is 0 Å². The molecule has 1 fully saturated rings. The van der Waals surface area contributed by atoms with Gasteiger partial charge in [0.05, 0.1) is 10.8 Å². The Kier molecular flexibility index (Phi) is 6.99. The SMILES string of the molecule is CCc1ccc(C(=O)COC(=O)C2CCN(S(=O)(=O)c3ccc4c(c3)OCCO4)CC2)cc1. The number of nitrogens with zero attached hydrogens (tertiary/aromatic N) is 1. The topological polar surface area (TPSA) is 99.2 Å². The van der Waals surface area contributed by atoms with Crippen LogP contribution in [0.15, 0.2) is 47.4 Å². The van der Waals surface area contributed by atoms with Crippen molar-refractivity contribution in [3.63, 3.8) is 0 Å². The fourth-order valence-corrected chi connectivity index (χ4v) is 5.41. The third-order valence-corrected chi connectivity index (χ3v) is 7.86. The molecule has 2 aromatic rings. The van der Waals surface area contributed by atoms with Crippen LogP contribution >= 0.6 is 0 Å². The van der Waals surface area contributed by atoms with Gasteiger partial charge in [0.1, 0.15) is 13.2 Å². The third-order valence-electron chi connectivity index (χ3n) is 5.97. The Morgan fingerprint density at radius 1 is 1.00 bits per heavy atom. The normalized spacial score (nSPS) is 16.9. The van der Waals surface area contributed by atoms with Gasteiger partial charge in [0, 0.05) is 24.7 Å². The van der Waals surface area contributed by atoms with Gasteiger partial charge in [-0.25, -0.2) is 8.42 Å². The first-order chi connectivity index (χ1) is 15.9. The van der Waals surface area contributed by atoms with Gasteiger partial charge in [0.15, 0.2) is 23.9 Å². The zero-order chi connectivity index (χ0) is 23.4. The molecule has 1 saturated heterocycles. The Hall–Kier alpha value is -2.91. The van der Waals surface area contributed by atoms with Gasteiger partial charge in [-0.1, -0.05) is 31.2 Å². The molecule has 9 heteroatoms. The second-order valence-corrected chi connectivity index (χ2v) is 10.0. The van der Waals surface area contributed by atoms with E-state index in [0.29, 0.717) is 43.1 Å². The highest BCUT2D eigenvalue weighted by atomic mass is 32.2. The van der Waals surface area contributed by atoms with E-state index in [-0.39, 0.29) is 30.4 Å². The summed E-state index contributed by atoms with van der Waals surface area (Å²) in [5, 5.41) is 0. The molecule has 0 unspecified atom stereocenters. The number of hydrogen-bond donors (Lipinski definition) is 0. The number of fused-ring (bicyclic) bond motifs is 1. The summed E-state index contributed by atoms with van der Waals surface area (Å²) in [6.45, 7) is 2.91. The summed E-state index contributed by atoms with van der Waals surface area (Å²) in [6.07, 6.45) is 1.55. The predicted molar refractivity (Wildman–Crippen MR) is 120 cm³/mol. The summed E-state index contributed by atoms with van der Waals surface area (Å²) in [5.74, 6) is -0.228. The van der Waals surface area contributed by atoms with Gasteiger partial charge >= 0.3 is 5.97 Å². The largest absolute Gasteiger partial charge is 0.486 e. The maximum absolute atomic E-state index is 13.0. The van der Waals surface area contributed by atoms with Crippen LogP contribution in [0.1, 0.15) is 35.7 Å². The minimum absolute atomic E-state index is 0.132. The zero-order valence-corrected chi connectivity index (χ0v) is 19.3. The molecule has 0 bridgehead atoms. The fourth-order valence-electron chi connectivity index (χ4n) is 3.93. The maximum Gasteiger partial charge on any atom is 0.309 e. The Bertz CT molecular complexity index is 1120. The lowest BCUT2D eigenvalue weighted by Crippen LogP contribution is -2.40. The Morgan fingerprint density at radius 2 is 1.67 bits per heavy atom. The molecule has 2 heterocycles. The zero-order valence-electron chi connectivity index (χ0n) is 18.5. The number of hydrogen-bond acceptors (Lipinski definition) is 7. The number of sulfonamides is 1. The van der Waals surface area contributed by atoms with Gasteiger partial charge in [-0.05, 0) is 37.0 Å². The van der Waals surface area contributed by atoms with E-state index in [2.05, 4.69) is 0 Å². The van der Waals surface area contributed by atoms with Crippen LogP contribution in [0, 0.1) is 5.92 Å². The molecule has 0 radical (unpaired) electrons. The molecule has 2 aromatic carbocycles. The summed E-state index contributed by atoms with van der Waals surface area (Å²) >= 11 is 0. The second kappa shape index (κ2) is 9.93. The molecule has 0 atom stereocenters. The Morgan fingerprint density at radius 3 is 2.33 bits per heavy atom. The van der Waals surface area contributed by atoms with Crippen molar-refractivity contribution in [2.24, 2.45) is 5.92 Å². The van der Waals surface area contributed by atoms with Gasteiger partial charge in [0.2, 0.25) is 10.0 Å². The summed E-state index contributed by atoms with van der Waals surface area (Å²) < 4.78 is 43.6. The van der Waals surface area contributed by atoms with Crippen molar-refractivity contribution < 1.29 is 32.2 Å². The number of carbonyl (C=O) groups excluding carboxylic acids is 2. The summed E-state index contributed by atoms with van der Waals surface area (Å²) in [7, 11) is -3.72. The molecule has 8 nitrogen and oxygen atoms in total. The number of benzene rings is 2. The minimum Gasteiger partial charge on any atom is -0.486 e. The van der Waals surface area contributed by atoms with Crippen molar-refractivity contribution in [1.29, 1.82) is 0 Å². The predicted octanol–water partition coefficient (Wildman–Crippen LogP) is 2.85. The smallest absolute Gasteiger partial charge is 0.309 e. The van der Waals surface area contributed by atoms with E-state index in [4.69, 9.17) is 14.2 Å². The lowest BCUT2D eigenvalue weighted by molar-refractivity contribution is -0.148. The van der Waals surface area contributed by atoms with Crippen LogP contribution < -0.4 is 9.47 Å². The van der Waals surface area contributed by atoms with Crippen molar-refractivity contribution in [3.8, 4) is 11.5 Å². The van der Waals surface area contributed by atoms with Gasteiger partial charge in [-0.2, -0.15) is 4.31 Å². The molecule has 0 saturated carbocycles. The van der Waals surface area contributed by atoms with Gasteiger partial charge in [-0.3, -0.25) is 9.59 Å². The van der Waals surface area contributed by atoms with E-state index in [1.54, 1.807) is 18.2 Å². The number of Topliss-reactive ketones (excluding diaryl/α,β-unsaturated/α-hetero) is 1. The first kappa shape index (κ1) is 23.3. The maximum atomic E-state index is 13.0. The quantitative estimate of drug-likeness (QED) is 0.450. The van der Waals surface area contributed by atoms with Crippen molar-refractivity contribution in [3.05, 3.63) is 53.6 Å². The van der Waals surface area contributed by atoms with Crippen LogP contribution in [0.25, 0.3) is 0 Å². The Labute approximate surface area is 193 Å². The van der Waals surface area contributed by atoms with E-state index >= 15 is 0 Å². The van der Waals surface area contributed by atoms with Crippen LogP contribution in [0.3, 0.4) is 0 Å². The number of aryl methyl sites for hydroxylation is 1. The molecule has 0 aliphatic carbocycles. The lowest BCUT2D eigenvalue weighted by Gasteiger charge is -2.30. The standard InChI is InChI=1S/C24H27NO7S/c1-2-17-3-5-18(6-4-17)21(26)16-32-24(27)19-9-11-25(12-10-19)33(28,29)20-7-8-22-23(15-20)31-14-13-30-22/h3-8,15,19H,2,9-14,16H2,1H3. The summed E-state index contributed by atoms with van der Waals surface area (Å²) in [4.78, 5) is 24.9. The molecule has 0 aromatic heterocycles. The number of ketones is 1. The van der Waals surface area contributed by atoms with E-state index < -0.39 is 21.9 Å². The molecular formula is C24H27NO7S. The van der Waals surface area contributed by atoms with Gasteiger partial charge in [0.25, 0.3) is 0 Å². The van der Waals surface area contributed by atoms with Crippen LogP contribution in [0.4, 0.5) is 0 Å². The van der Waals surface area contributed by atoms with Crippen LogP contribution in [-0.4, -0.2) is 57.4 Å². The van der Waals surface area contributed by atoms with E-state index in [9.17, 15) is 18.0 Å². The van der Waals surface area contributed by atoms with Crippen molar-refractivity contribution in [1.82, 2.24) is 4.31 Å². The van der Waals surface area contributed by atoms with Crippen LogP contribution in [0.5, 0.6) is 11.5 Å². The molecule has 4 rings (SSSR count). The molecule has 0 N–H and O–H groups in total. The molecule has 0 spiro atoms. The van der Waals surface area contributed by atoms with Crippen molar-refractivity contribution in [2.75, 3.05) is 32.9 Å². The van der Waals surface area contributed by atoms with Crippen LogP contribution in [0.2, 0.25) is 0 Å². The third kappa shape index (κ3) is 5.20. The van der Waals surface area contributed by atoms with E-state index in [1.165, 1.54) is 16.4 Å². The summed E-state index contributed by atoms with van der Waals surface area (Å²) in [5.41, 5.74) is 1.63. The van der Waals surface area contributed by atoms with Crippen molar-refractivity contribution >= 4 is 21.8 Å². The first-order valence-corrected chi connectivity index (χ1v) is 12.5. The monoisotopic (exact) mass is 473 g/mol. The Balaban J connectivity index is 1.30. The summed E-state index contributed by atoms with van der Waals surface area (Å²) in [6, 6.07) is 11.8. The molecule has 0 amide bonds. The number of rotatable bonds is 7. The molecule has 2 aliphatic rings. The average molecular weight is 474 g/mol. The number of ether oxygens (including phenoxy) is 3. The van der Waals surface area contributed by atoms with Gasteiger partial charge < -0.3 is 14.2 Å². The van der Waals surface area contributed by atoms with E-state index in [0.717, 1.165) is 12.0 Å². The highest BCUT2D eigenvalue weighted by Crippen LogP contribution is 2.34. The number of piperidine rings is 1. The number of esters is 1. The number of carbonyl (C=O) groups is 2. The molecule has 176 valence electrons. The molecular weight excluding hydrogens is 446 g/mol. The fraction of sp³-hybridized carbons (Fsp3) is 0.417. The molecule has 2 aliphatic heterocycles. The minimum atomic E-state index is -3.72. The van der Waals surface area contributed by atoms with Crippen molar-refractivity contribution in [2.45, 2.75) is 31.1 Å². The average Bonchev–Trinajstić information content (AvgIpc) is 2.86. The van der Waals surface area contributed by atoms with E-state index in [1.807, 2.05) is 19.1 Å². The lowest BCUT2D eigenvalue weighted by atomic mass is 9.98. The second-order valence-electron chi connectivity index (χ2n) is 8.07. The first-order valence-electron chi connectivity index (χ1n) is 11.1.